The highest BCUT2D eigenvalue weighted by Gasteiger charge is 2.39. The van der Waals surface area contributed by atoms with Gasteiger partial charge in [0, 0.05) is 19.0 Å². The molecule has 1 saturated carbocycles. The molecule has 2 fully saturated rings. The standard InChI is InChI=1S/C17H27N5O2/c23-13-9-12(10-13)15(11-4-6-18-7-5-11)19-17(24)16-21-20-14-3-1-2-8-22(14)16/h11-13,15,18,23H,1-10H2,(H,19,24). The van der Waals surface area contributed by atoms with E-state index < -0.39 is 0 Å². The van der Waals surface area contributed by atoms with Crippen LogP contribution in [-0.4, -0.2) is 51.0 Å². The van der Waals surface area contributed by atoms with Crippen LogP contribution in [0.15, 0.2) is 0 Å². The number of aromatic nitrogens is 3. The first kappa shape index (κ1) is 16.0. The smallest absolute Gasteiger partial charge is 0.289 e. The van der Waals surface area contributed by atoms with Gasteiger partial charge < -0.3 is 20.3 Å². The number of hydrogen-bond acceptors (Lipinski definition) is 5. The van der Waals surface area contributed by atoms with Crippen LogP contribution in [0.25, 0.3) is 0 Å². The maximum Gasteiger partial charge on any atom is 0.289 e. The van der Waals surface area contributed by atoms with E-state index in [9.17, 15) is 9.90 Å². The van der Waals surface area contributed by atoms with Crippen molar-refractivity contribution in [3.8, 4) is 0 Å². The zero-order chi connectivity index (χ0) is 16.5. The number of aliphatic hydroxyl groups is 1. The Balaban J connectivity index is 1.49. The minimum Gasteiger partial charge on any atom is -0.393 e. The van der Waals surface area contributed by atoms with Gasteiger partial charge >= 0.3 is 0 Å². The SMILES string of the molecule is O=C(NC(C1CCNCC1)C1CC(O)C1)c1nnc2n1CCCC2. The van der Waals surface area contributed by atoms with Crippen LogP contribution >= 0.6 is 0 Å². The van der Waals surface area contributed by atoms with Crippen LogP contribution < -0.4 is 10.6 Å². The summed E-state index contributed by atoms with van der Waals surface area (Å²) in [6.07, 6.45) is 6.67. The lowest BCUT2D eigenvalue weighted by molar-refractivity contribution is 0.00900. The number of aryl methyl sites for hydroxylation is 1. The maximum absolute atomic E-state index is 12.8. The zero-order valence-electron chi connectivity index (χ0n) is 14.1. The molecule has 1 saturated heterocycles. The first-order valence-corrected chi connectivity index (χ1v) is 9.34. The van der Waals surface area contributed by atoms with Crippen molar-refractivity contribution in [2.75, 3.05) is 13.1 Å². The van der Waals surface area contributed by atoms with Gasteiger partial charge in [-0.2, -0.15) is 0 Å². The molecule has 0 spiro atoms. The topological polar surface area (TPSA) is 92.1 Å². The van der Waals surface area contributed by atoms with E-state index in [0.29, 0.717) is 17.7 Å². The summed E-state index contributed by atoms with van der Waals surface area (Å²) in [6, 6.07) is 0.138. The minimum absolute atomic E-state index is 0.0967. The largest absolute Gasteiger partial charge is 0.393 e. The minimum atomic E-state index is -0.197. The van der Waals surface area contributed by atoms with Crippen molar-refractivity contribution < 1.29 is 9.90 Å². The summed E-state index contributed by atoms with van der Waals surface area (Å²) >= 11 is 0. The van der Waals surface area contributed by atoms with E-state index in [1.54, 1.807) is 0 Å². The van der Waals surface area contributed by atoms with Crippen molar-refractivity contribution in [3.05, 3.63) is 11.6 Å². The molecule has 0 radical (unpaired) electrons. The Bertz CT molecular complexity index is 590. The summed E-state index contributed by atoms with van der Waals surface area (Å²) in [7, 11) is 0. The van der Waals surface area contributed by atoms with E-state index in [4.69, 9.17) is 0 Å². The molecule has 1 atom stereocenters. The Hall–Kier alpha value is -1.47. The van der Waals surface area contributed by atoms with Gasteiger partial charge in [0.2, 0.25) is 5.82 Å². The normalized spacial score (nSPS) is 28.7. The van der Waals surface area contributed by atoms with Gasteiger partial charge in [0.15, 0.2) is 0 Å². The molecule has 0 bridgehead atoms. The van der Waals surface area contributed by atoms with Crippen LogP contribution in [0.2, 0.25) is 0 Å². The molecule has 7 nitrogen and oxygen atoms in total. The van der Waals surface area contributed by atoms with E-state index in [-0.39, 0.29) is 18.1 Å². The first-order chi connectivity index (χ1) is 11.7. The molecule has 3 heterocycles. The molecule has 1 amide bonds. The average molecular weight is 333 g/mol. The van der Waals surface area contributed by atoms with Crippen molar-refractivity contribution >= 4 is 5.91 Å². The monoisotopic (exact) mass is 333 g/mol. The lowest BCUT2D eigenvalue weighted by Crippen LogP contribution is -2.53. The zero-order valence-corrected chi connectivity index (χ0v) is 14.1. The molecular weight excluding hydrogens is 306 g/mol. The van der Waals surface area contributed by atoms with E-state index in [2.05, 4.69) is 20.8 Å². The molecule has 2 aliphatic heterocycles. The molecule has 1 aromatic heterocycles. The molecular formula is C17H27N5O2. The lowest BCUT2D eigenvalue weighted by atomic mass is 9.71. The second-order valence-electron chi connectivity index (χ2n) is 7.52. The lowest BCUT2D eigenvalue weighted by Gasteiger charge is -2.43. The quantitative estimate of drug-likeness (QED) is 0.745. The van der Waals surface area contributed by atoms with Crippen molar-refractivity contribution in [2.45, 2.75) is 63.6 Å². The predicted molar refractivity (Wildman–Crippen MR) is 88.5 cm³/mol. The number of hydrogen-bond donors (Lipinski definition) is 3. The Morgan fingerprint density at radius 2 is 2.00 bits per heavy atom. The molecule has 24 heavy (non-hydrogen) atoms. The van der Waals surface area contributed by atoms with Gasteiger partial charge in [0.05, 0.1) is 6.10 Å². The summed E-state index contributed by atoms with van der Waals surface area (Å²) in [5, 5.41) is 24.7. The van der Waals surface area contributed by atoms with Crippen molar-refractivity contribution in [2.24, 2.45) is 11.8 Å². The molecule has 3 N–H and O–H groups in total. The molecule has 7 heteroatoms. The van der Waals surface area contributed by atoms with Gasteiger partial charge in [-0.25, -0.2) is 0 Å². The third-order valence-corrected chi connectivity index (χ3v) is 5.91. The first-order valence-electron chi connectivity index (χ1n) is 9.34. The fraction of sp³-hybridized carbons (Fsp3) is 0.824. The van der Waals surface area contributed by atoms with E-state index >= 15 is 0 Å². The fourth-order valence-electron chi connectivity index (χ4n) is 4.44. The Morgan fingerprint density at radius 3 is 2.75 bits per heavy atom. The van der Waals surface area contributed by atoms with Gasteiger partial charge in [0.1, 0.15) is 5.82 Å². The molecule has 3 aliphatic rings. The van der Waals surface area contributed by atoms with Gasteiger partial charge in [-0.05, 0) is 63.5 Å². The number of carbonyl (C=O) groups excluding carboxylic acids is 1. The van der Waals surface area contributed by atoms with Gasteiger partial charge in [-0.3, -0.25) is 4.79 Å². The third-order valence-electron chi connectivity index (χ3n) is 5.91. The van der Waals surface area contributed by atoms with Crippen molar-refractivity contribution in [1.29, 1.82) is 0 Å². The summed E-state index contributed by atoms with van der Waals surface area (Å²) < 4.78 is 1.98. The van der Waals surface area contributed by atoms with Crippen LogP contribution in [0.1, 0.15) is 55.0 Å². The summed E-state index contributed by atoms with van der Waals surface area (Å²) in [5.74, 6) is 2.17. The molecule has 1 unspecified atom stereocenters. The number of amides is 1. The molecule has 0 aromatic carbocycles. The number of carbonyl (C=O) groups is 1. The van der Waals surface area contributed by atoms with E-state index in [0.717, 1.165) is 70.4 Å². The Morgan fingerprint density at radius 1 is 1.21 bits per heavy atom. The van der Waals surface area contributed by atoms with Crippen LogP contribution in [0.5, 0.6) is 0 Å². The number of piperidine rings is 1. The number of nitrogens with zero attached hydrogens (tertiary/aromatic N) is 3. The molecule has 132 valence electrons. The highest BCUT2D eigenvalue weighted by atomic mass is 16.3. The Labute approximate surface area is 142 Å². The molecule has 1 aliphatic carbocycles. The van der Waals surface area contributed by atoms with Gasteiger partial charge in [0.25, 0.3) is 5.91 Å². The molecule has 1 aromatic rings. The predicted octanol–water partition coefficient (Wildman–Crippen LogP) is 0.483. The third kappa shape index (κ3) is 3.07. The average Bonchev–Trinajstić information content (AvgIpc) is 3.02. The van der Waals surface area contributed by atoms with Gasteiger partial charge in [-0.1, -0.05) is 0 Å². The highest BCUT2D eigenvalue weighted by molar-refractivity contribution is 5.91. The van der Waals surface area contributed by atoms with Crippen LogP contribution in [0, 0.1) is 11.8 Å². The highest BCUT2D eigenvalue weighted by Crippen LogP contribution is 2.36. The fourth-order valence-corrected chi connectivity index (χ4v) is 4.44. The second kappa shape index (κ2) is 6.80. The van der Waals surface area contributed by atoms with Crippen LogP contribution in [0.3, 0.4) is 0 Å². The summed E-state index contributed by atoms with van der Waals surface area (Å²) in [4.78, 5) is 12.8. The van der Waals surface area contributed by atoms with Gasteiger partial charge in [-0.15, -0.1) is 10.2 Å². The number of aliphatic hydroxyl groups excluding tert-OH is 1. The summed E-state index contributed by atoms with van der Waals surface area (Å²) in [6.45, 7) is 2.85. The van der Waals surface area contributed by atoms with Crippen LogP contribution in [-0.2, 0) is 13.0 Å². The molecule has 4 rings (SSSR count). The van der Waals surface area contributed by atoms with E-state index in [1.165, 1.54) is 0 Å². The number of fused-ring (bicyclic) bond motifs is 1. The van der Waals surface area contributed by atoms with Crippen molar-refractivity contribution in [1.82, 2.24) is 25.4 Å². The van der Waals surface area contributed by atoms with E-state index in [1.807, 2.05) is 4.57 Å². The van der Waals surface area contributed by atoms with Crippen molar-refractivity contribution in [3.63, 3.8) is 0 Å². The second-order valence-corrected chi connectivity index (χ2v) is 7.52. The summed E-state index contributed by atoms with van der Waals surface area (Å²) in [5.41, 5.74) is 0. The number of nitrogens with one attached hydrogen (secondary N) is 2. The maximum atomic E-state index is 12.8. The Kier molecular flexibility index (Phi) is 4.54. The number of rotatable bonds is 4. The van der Waals surface area contributed by atoms with Crippen LogP contribution in [0.4, 0.5) is 0 Å².